The molecule has 5 rings (SSSR count). The van der Waals surface area contributed by atoms with Crippen LogP contribution in [0.4, 0.5) is 17.1 Å². The summed E-state index contributed by atoms with van der Waals surface area (Å²) in [5.74, 6) is -0.472. The highest BCUT2D eigenvalue weighted by atomic mass is 16.6. The molecule has 3 aromatic carbocycles. The minimum atomic E-state index is -0.464. The molecule has 2 aliphatic rings. The molecule has 1 saturated carbocycles. The molecule has 0 unspecified atom stereocenters. The topological polar surface area (TPSA) is 105 Å². The average molecular weight is 525 g/mol. The van der Waals surface area contributed by atoms with E-state index in [1.807, 2.05) is 18.2 Å². The van der Waals surface area contributed by atoms with Crippen molar-refractivity contribution in [3.63, 3.8) is 0 Å². The van der Waals surface area contributed by atoms with Gasteiger partial charge in [0.1, 0.15) is 0 Å². The Kier molecular flexibility index (Phi) is 8.01. The molecule has 0 bridgehead atoms. The Labute approximate surface area is 227 Å². The maximum atomic E-state index is 13.5. The fraction of sp³-hybridized carbons (Fsp3) is 0.290. The van der Waals surface area contributed by atoms with Crippen molar-refractivity contribution < 1.29 is 14.5 Å². The number of fused-ring (bicyclic) bond motifs is 1. The molecule has 1 fully saturated rings. The van der Waals surface area contributed by atoms with Gasteiger partial charge in [-0.05, 0) is 72.4 Å². The Bertz CT molecular complexity index is 1390. The summed E-state index contributed by atoms with van der Waals surface area (Å²) in [7, 11) is 0. The summed E-state index contributed by atoms with van der Waals surface area (Å²) in [6.07, 6.45) is 9.30. The lowest BCUT2D eigenvalue weighted by atomic mass is 9.95. The van der Waals surface area contributed by atoms with Gasteiger partial charge in [-0.15, -0.1) is 0 Å². The van der Waals surface area contributed by atoms with Crippen LogP contribution >= 0.6 is 0 Å². The van der Waals surface area contributed by atoms with Crippen LogP contribution in [0.25, 0.3) is 6.08 Å². The first-order valence-corrected chi connectivity index (χ1v) is 13.5. The van der Waals surface area contributed by atoms with Crippen molar-refractivity contribution in [1.82, 2.24) is 5.32 Å². The number of nitrogens with one attached hydrogen (secondary N) is 2. The lowest BCUT2D eigenvalue weighted by molar-refractivity contribution is -0.384. The maximum Gasteiger partial charge on any atom is 0.269 e. The van der Waals surface area contributed by atoms with Gasteiger partial charge in [0, 0.05) is 48.7 Å². The number of nitro groups is 1. The van der Waals surface area contributed by atoms with Crippen molar-refractivity contribution in [2.24, 2.45) is 0 Å². The molecule has 1 aliphatic heterocycles. The smallest absolute Gasteiger partial charge is 0.269 e. The third-order valence-electron chi connectivity index (χ3n) is 7.45. The molecule has 1 aliphatic carbocycles. The summed E-state index contributed by atoms with van der Waals surface area (Å²) in [5, 5.41) is 16.9. The first-order chi connectivity index (χ1) is 19.0. The first-order valence-electron chi connectivity index (χ1n) is 13.5. The minimum absolute atomic E-state index is 0.00656. The number of hydrogen-bond donors (Lipinski definition) is 2. The summed E-state index contributed by atoms with van der Waals surface area (Å²) < 4.78 is 0. The zero-order valence-electron chi connectivity index (χ0n) is 21.8. The summed E-state index contributed by atoms with van der Waals surface area (Å²) in [4.78, 5) is 38.8. The van der Waals surface area contributed by atoms with Crippen LogP contribution in [0.3, 0.4) is 0 Å². The van der Waals surface area contributed by atoms with Crippen LogP contribution in [-0.4, -0.2) is 29.3 Å². The normalized spacial score (nSPS) is 15.5. The van der Waals surface area contributed by atoms with Gasteiger partial charge >= 0.3 is 0 Å². The minimum Gasteiger partial charge on any atom is -0.366 e. The number of amides is 2. The molecule has 2 amide bonds. The van der Waals surface area contributed by atoms with Gasteiger partial charge in [0.2, 0.25) is 5.91 Å². The highest BCUT2D eigenvalue weighted by Gasteiger charge is 2.24. The van der Waals surface area contributed by atoms with Gasteiger partial charge in [0.05, 0.1) is 10.5 Å². The second-order valence-electron chi connectivity index (χ2n) is 10.2. The van der Waals surface area contributed by atoms with Gasteiger partial charge < -0.3 is 15.5 Å². The Hall–Kier alpha value is -4.46. The third-order valence-corrected chi connectivity index (χ3v) is 7.45. The van der Waals surface area contributed by atoms with Gasteiger partial charge in [-0.2, -0.15) is 0 Å². The number of hydrogen-bond acceptors (Lipinski definition) is 5. The lowest BCUT2D eigenvalue weighted by Crippen LogP contribution is -2.38. The van der Waals surface area contributed by atoms with Crippen LogP contribution in [0.5, 0.6) is 0 Å². The number of nitrogens with zero attached hydrogens (tertiary/aromatic N) is 2. The summed E-state index contributed by atoms with van der Waals surface area (Å²) >= 11 is 0. The van der Waals surface area contributed by atoms with Crippen LogP contribution < -0.4 is 15.5 Å². The van der Waals surface area contributed by atoms with E-state index in [1.54, 1.807) is 24.3 Å². The SMILES string of the molecule is O=C(/C=C/c1ccc([N+](=O)[O-])cc1)Nc1ccc(N2CCc3ccccc3C2)c(C(=O)NC2CCCCC2)c1. The summed E-state index contributed by atoms with van der Waals surface area (Å²) in [5.41, 5.74) is 5.20. The summed E-state index contributed by atoms with van der Waals surface area (Å²) in [6.45, 7) is 1.54. The van der Waals surface area contributed by atoms with E-state index >= 15 is 0 Å². The molecule has 0 saturated heterocycles. The van der Waals surface area contributed by atoms with E-state index in [4.69, 9.17) is 0 Å². The van der Waals surface area contributed by atoms with Gasteiger partial charge in [0.15, 0.2) is 0 Å². The molecule has 3 aromatic rings. The van der Waals surface area contributed by atoms with Gasteiger partial charge in [-0.25, -0.2) is 0 Å². The largest absolute Gasteiger partial charge is 0.366 e. The number of benzene rings is 3. The second kappa shape index (κ2) is 11.9. The number of rotatable bonds is 7. The zero-order chi connectivity index (χ0) is 27.2. The zero-order valence-corrected chi connectivity index (χ0v) is 21.8. The predicted octanol–water partition coefficient (Wildman–Crippen LogP) is 5.87. The van der Waals surface area contributed by atoms with Crippen molar-refractivity contribution in [3.8, 4) is 0 Å². The fourth-order valence-electron chi connectivity index (χ4n) is 5.35. The molecule has 0 atom stereocenters. The molecule has 0 spiro atoms. The molecule has 0 aromatic heterocycles. The Morgan fingerprint density at radius 3 is 2.44 bits per heavy atom. The first kappa shape index (κ1) is 26.2. The monoisotopic (exact) mass is 524 g/mol. The molecule has 0 radical (unpaired) electrons. The van der Waals surface area contributed by atoms with Crippen molar-refractivity contribution in [2.45, 2.75) is 51.1 Å². The predicted molar refractivity (Wildman–Crippen MR) is 153 cm³/mol. The number of non-ortho nitro benzene ring substituents is 1. The van der Waals surface area contributed by atoms with Gasteiger partial charge in [-0.3, -0.25) is 19.7 Å². The van der Waals surface area contributed by atoms with Gasteiger partial charge in [-0.1, -0.05) is 43.5 Å². The van der Waals surface area contributed by atoms with Gasteiger partial charge in [0.25, 0.3) is 11.6 Å². The van der Waals surface area contributed by atoms with E-state index in [0.29, 0.717) is 16.8 Å². The van der Waals surface area contributed by atoms with Crippen LogP contribution in [0.15, 0.2) is 72.8 Å². The van der Waals surface area contributed by atoms with E-state index in [-0.39, 0.29) is 23.5 Å². The van der Waals surface area contributed by atoms with E-state index in [0.717, 1.165) is 50.9 Å². The summed E-state index contributed by atoms with van der Waals surface area (Å²) in [6, 6.07) is 20.0. The molecule has 200 valence electrons. The van der Waals surface area contributed by atoms with Crippen LogP contribution in [0.1, 0.15) is 59.2 Å². The van der Waals surface area contributed by atoms with Crippen molar-refractivity contribution in [2.75, 3.05) is 16.8 Å². The molecule has 1 heterocycles. The molecule has 8 nitrogen and oxygen atoms in total. The molecule has 39 heavy (non-hydrogen) atoms. The van der Waals surface area contributed by atoms with Crippen LogP contribution in [-0.2, 0) is 17.8 Å². The van der Waals surface area contributed by atoms with E-state index in [2.05, 4.69) is 33.7 Å². The molecular weight excluding hydrogens is 492 g/mol. The number of nitro benzene ring substituents is 1. The average Bonchev–Trinajstić information content (AvgIpc) is 2.96. The van der Waals surface area contributed by atoms with Crippen LogP contribution in [0, 0.1) is 10.1 Å². The Morgan fingerprint density at radius 1 is 0.949 bits per heavy atom. The van der Waals surface area contributed by atoms with Crippen molar-refractivity contribution in [3.05, 3.63) is 105 Å². The highest BCUT2D eigenvalue weighted by molar-refractivity contribution is 6.05. The maximum absolute atomic E-state index is 13.5. The van der Waals surface area contributed by atoms with E-state index < -0.39 is 4.92 Å². The van der Waals surface area contributed by atoms with Crippen molar-refractivity contribution in [1.29, 1.82) is 0 Å². The number of anilines is 2. The molecular formula is C31H32N4O4. The third kappa shape index (κ3) is 6.52. The van der Waals surface area contributed by atoms with E-state index in [1.165, 1.54) is 35.8 Å². The quantitative estimate of drug-likeness (QED) is 0.228. The Balaban J connectivity index is 1.35. The Morgan fingerprint density at radius 2 is 1.69 bits per heavy atom. The molecule has 2 N–H and O–H groups in total. The standard InChI is InChI=1S/C31H32N4O4/c36-30(17-12-22-10-14-27(15-11-22)35(38)39)32-26-13-16-29(34-19-18-23-6-4-5-7-24(23)21-34)28(20-26)31(37)33-25-8-2-1-3-9-25/h4-7,10-17,20,25H,1-3,8-9,18-19,21H2,(H,32,36)(H,33,37)/b17-12+. The fourth-order valence-corrected chi connectivity index (χ4v) is 5.35. The lowest BCUT2D eigenvalue weighted by Gasteiger charge is -2.32. The van der Waals surface area contributed by atoms with Crippen LogP contribution in [0.2, 0.25) is 0 Å². The molecule has 8 heteroatoms. The number of carbonyl (C=O) groups is 2. The highest BCUT2D eigenvalue weighted by Crippen LogP contribution is 2.30. The van der Waals surface area contributed by atoms with E-state index in [9.17, 15) is 19.7 Å². The van der Waals surface area contributed by atoms with Crippen molar-refractivity contribution >= 4 is 35.0 Å². The second-order valence-corrected chi connectivity index (χ2v) is 10.2. The number of carbonyl (C=O) groups excluding carboxylic acids is 2.